The molecule has 2 N–H and O–H groups in total. The molecule has 0 aromatic heterocycles. The third-order valence-electron chi connectivity index (χ3n) is 5.24. The van der Waals surface area contributed by atoms with Gasteiger partial charge in [-0.15, -0.1) is 0 Å². The van der Waals surface area contributed by atoms with Crippen molar-refractivity contribution in [1.82, 2.24) is 0 Å². The molecule has 0 unspecified atom stereocenters. The van der Waals surface area contributed by atoms with Crippen molar-refractivity contribution in [2.75, 3.05) is 19.8 Å². The zero-order valence-corrected chi connectivity index (χ0v) is 16.7. The standard InChI is InChI=1S/C22H24ClN3O2/c1-14-22(24)26-19-11-16(15-4-2-6-18(23)10-15)7-8-20(19)28-21(12-25-14)17-5-3-9-27-13-17/h2,4,6-8,10-11,17,21H,3,5,9,12-13H2,1H3,(H2,24,26)/t17-,21-/m0/s1. The average Bonchev–Trinajstić information content (AvgIpc) is 2.77. The van der Waals surface area contributed by atoms with E-state index in [0.717, 1.165) is 36.3 Å². The maximum Gasteiger partial charge on any atom is 0.145 e. The zero-order valence-electron chi connectivity index (χ0n) is 15.9. The fraction of sp³-hybridized carbons (Fsp3) is 0.364. The molecule has 2 atom stereocenters. The molecule has 0 amide bonds. The van der Waals surface area contributed by atoms with Crippen LogP contribution in [-0.2, 0) is 4.74 Å². The first-order valence-electron chi connectivity index (χ1n) is 9.60. The molecule has 0 bridgehead atoms. The largest absolute Gasteiger partial charge is 0.486 e. The Morgan fingerprint density at radius 1 is 1.14 bits per heavy atom. The van der Waals surface area contributed by atoms with Crippen molar-refractivity contribution in [3.05, 3.63) is 47.5 Å². The van der Waals surface area contributed by atoms with Gasteiger partial charge in [0.2, 0.25) is 0 Å². The number of ether oxygens (including phenoxy) is 2. The van der Waals surface area contributed by atoms with E-state index in [4.69, 9.17) is 26.8 Å². The van der Waals surface area contributed by atoms with Crippen molar-refractivity contribution in [3.8, 4) is 16.9 Å². The van der Waals surface area contributed by atoms with Gasteiger partial charge in [-0.2, -0.15) is 0 Å². The van der Waals surface area contributed by atoms with Gasteiger partial charge >= 0.3 is 0 Å². The van der Waals surface area contributed by atoms with E-state index in [1.165, 1.54) is 0 Å². The number of fused-ring (bicyclic) bond motifs is 1. The van der Waals surface area contributed by atoms with E-state index in [9.17, 15) is 0 Å². The minimum absolute atomic E-state index is 0.0629. The Hall–Kier alpha value is -2.37. The van der Waals surface area contributed by atoms with E-state index in [1.807, 2.05) is 49.4 Å². The van der Waals surface area contributed by atoms with Gasteiger partial charge in [-0.3, -0.25) is 4.99 Å². The summed E-state index contributed by atoms with van der Waals surface area (Å²) in [5.41, 5.74) is 9.64. The molecule has 2 heterocycles. The van der Waals surface area contributed by atoms with Crippen LogP contribution >= 0.6 is 11.6 Å². The smallest absolute Gasteiger partial charge is 0.145 e. The molecule has 4 rings (SSSR count). The number of hydrogen-bond acceptors (Lipinski definition) is 5. The van der Waals surface area contributed by atoms with Gasteiger partial charge < -0.3 is 15.2 Å². The van der Waals surface area contributed by atoms with Crippen LogP contribution in [0.3, 0.4) is 0 Å². The molecule has 146 valence electrons. The summed E-state index contributed by atoms with van der Waals surface area (Å²) in [4.78, 5) is 9.22. The Kier molecular flexibility index (Phi) is 5.64. The molecule has 0 spiro atoms. The molecule has 1 saturated heterocycles. The molecule has 0 radical (unpaired) electrons. The monoisotopic (exact) mass is 397 g/mol. The predicted octanol–water partition coefficient (Wildman–Crippen LogP) is 4.64. The first-order valence-corrected chi connectivity index (χ1v) is 9.98. The van der Waals surface area contributed by atoms with Crippen molar-refractivity contribution in [2.24, 2.45) is 21.6 Å². The van der Waals surface area contributed by atoms with Crippen LogP contribution in [0.1, 0.15) is 19.8 Å². The Bertz CT molecular complexity index is 920. The highest BCUT2D eigenvalue weighted by molar-refractivity contribution is 6.40. The maximum absolute atomic E-state index is 6.39. The number of amidine groups is 1. The Labute approximate surface area is 170 Å². The number of nitrogens with two attached hydrogens (primary N) is 1. The lowest BCUT2D eigenvalue weighted by Crippen LogP contribution is -2.36. The Balaban J connectivity index is 1.73. The maximum atomic E-state index is 6.39. The summed E-state index contributed by atoms with van der Waals surface area (Å²) < 4.78 is 12.1. The van der Waals surface area contributed by atoms with E-state index < -0.39 is 0 Å². The molecule has 5 nitrogen and oxygen atoms in total. The van der Waals surface area contributed by atoms with E-state index in [2.05, 4.69) is 9.98 Å². The molecule has 0 saturated carbocycles. The van der Waals surface area contributed by atoms with Gasteiger partial charge in [0.25, 0.3) is 0 Å². The van der Waals surface area contributed by atoms with Crippen LogP contribution in [0.5, 0.6) is 5.75 Å². The fourth-order valence-electron chi connectivity index (χ4n) is 3.58. The molecule has 2 aliphatic rings. The van der Waals surface area contributed by atoms with Crippen LogP contribution in [-0.4, -0.2) is 37.4 Å². The predicted molar refractivity (Wildman–Crippen MR) is 114 cm³/mol. The summed E-state index contributed by atoms with van der Waals surface area (Å²) in [6, 6.07) is 13.7. The summed E-state index contributed by atoms with van der Waals surface area (Å²) in [7, 11) is 0. The molecule has 6 heteroatoms. The second kappa shape index (κ2) is 8.33. The van der Waals surface area contributed by atoms with Gasteiger partial charge in [0.1, 0.15) is 23.4 Å². The van der Waals surface area contributed by atoms with Gasteiger partial charge in [-0.1, -0.05) is 29.8 Å². The lowest BCUT2D eigenvalue weighted by molar-refractivity contribution is 0.00429. The third kappa shape index (κ3) is 4.21. The number of nitrogens with zero attached hydrogens (tertiary/aromatic N) is 2. The minimum Gasteiger partial charge on any atom is -0.486 e. The molecule has 28 heavy (non-hydrogen) atoms. The molecule has 2 aliphatic heterocycles. The number of aliphatic imine (C=N–C) groups is 2. The summed E-state index contributed by atoms with van der Waals surface area (Å²) in [5.74, 6) is 1.44. The highest BCUT2D eigenvalue weighted by Gasteiger charge is 2.27. The molecular formula is C22H24ClN3O2. The lowest BCUT2D eigenvalue weighted by atomic mass is 9.95. The SMILES string of the molecule is CC1=NC[C@@H]([C@H]2CCCOC2)Oc2ccc(-c3cccc(Cl)c3)cc2N=C1N. The van der Waals surface area contributed by atoms with Crippen molar-refractivity contribution in [2.45, 2.75) is 25.9 Å². The fourth-order valence-corrected chi connectivity index (χ4v) is 3.77. The van der Waals surface area contributed by atoms with E-state index in [-0.39, 0.29) is 6.10 Å². The molecule has 2 aromatic rings. The lowest BCUT2D eigenvalue weighted by Gasteiger charge is -2.30. The second-order valence-corrected chi connectivity index (χ2v) is 7.69. The van der Waals surface area contributed by atoms with E-state index >= 15 is 0 Å². The van der Waals surface area contributed by atoms with Crippen LogP contribution in [0.15, 0.2) is 52.4 Å². The van der Waals surface area contributed by atoms with Crippen molar-refractivity contribution >= 4 is 28.8 Å². The van der Waals surface area contributed by atoms with Gasteiger partial charge in [-0.25, -0.2) is 4.99 Å². The summed E-state index contributed by atoms with van der Waals surface area (Å²) in [6.45, 7) is 3.96. The summed E-state index contributed by atoms with van der Waals surface area (Å²) in [5, 5.41) is 0.695. The van der Waals surface area contributed by atoms with Crippen LogP contribution < -0.4 is 10.5 Å². The second-order valence-electron chi connectivity index (χ2n) is 7.25. The topological polar surface area (TPSA) is 69.2 Å². The highest BCUT2D eigenvalue weighted by Crippen LogP contribution is 2.36. The molecule has 1 fully saturated rings. The normalized spacial score (nSPS) is 22.6. The van der Waals surface area contributed by atoms with Crippen molar-refractivity contribution in [1.29, 1.82) is 0 Å². The molecule has 2 aromatic carbocycles. The van der Waals surface area contributed by atoms with Gasteiger partial charge in [-0.05, 0) is 55.2 Å². The van der Waals surface area contributed by atoms with Crippen LogP contribution in [0.4, 0.5) is 5.69 Å². The average molecular weight is 398 g/mol. The number of benzene rings is 2. The van der Waals surface area contributed by atoms with E-state index in [1.54, 1.807) is 0 Å². The quantitative estimate of drug-likeness (QED) is 0.802. The Morgan fingerprint density at radius 2 is 2.00 bits per heavy atom. The minimum atomic E-state index is -0.0629. The number of halogens is 1. The third-order valence-corrected chi connectivity index (χ3v) is 5.47. The molecular weight excluding hydrogens is 374 g/mol. The first kappa shape index (κ1) is 19.0. The van der Waals surface area contributed by atoms with Gasteiger partial charge in [0.15, 0.2) is 0 Å². The van der Waals surface area contributed by atoms with Gasteiger partial charge in [0.05, 0.1) is 18.9 Å². The highest BCUT2D eigenvalue weighted by atomic mass is 35.5. The number of hydrogen-bond donors (Lipinski definition) is 1. The van der Waals surface area contributed by atoms with Crippen molar-refractivity contribution in [3.63, 3.8) is 0 Å². The summed E-state index contributed by atoms with van der Waals surface area (Å²) >= 11 is 6.15. The van der Waals surface area contributed by atoms with Crippen LogP contribution in [0.2, 0.25) is 5.02 Å². The number of rotatable bonds is 2. The van der Waals surface area contributed by atoms with Gasteiger partial charge in [0, 0.05) is 17.5 Å². The Morgan fingerprint density at radius 3 is 2.79 bits per heavy atom. The molecule has 0 aliphatic carbocycles. The first-order chi connectivity index (χ1) is 13.6. The van der Waals surface area contributed by atoms with Crippen LogP contribution in [0, 0.1) is 5.92 Å². The summed E-state index contributed by atoms with van der Waals surface area (Å²) in [6.07, 6.45) is 2.06. The van der Waals surface area contributed by atoms with Crippen molar-refractivity contribution < 1.29 is 9.47 Å². The van der Waals surface area contributed by atoms with Crippen LogP contribution in [0.25, 0.3) is 11.1 Å². The zero-order chi connectivity index (χ0) is 19.5. The van der Waals surface area contributed by atoms with E-state index in [0.29, 0.717) is 41.4 Å².